The molecule has 0 aliphatic carbocycles. The van der Waals surface area contributed by atoms with Crippen LogP contribution in [0.5, 0.6) is 17.4 Å². The molecule has 9 nitrogen and oxygen atoms in total. The third-order valence-electron chi connectivity index (χ3n) is 6.56. The molecule has 2 aliphatic rings. The van der Waals surface area contributed by atoms with E-state index in [2.05, 4.69) is 9.80 Å². The number of methoxy groups -OCH3 is 1. The molecule has 0 bridgehead atoms. The van der Waals surface area contributed by atoms with Crippen molar-refractivity contribution in [3.05, 3.63) is 75.5 Å². The monoisotopic (exact) mass is 475 g/mol. The Hall–Kier alpha value is -3.72. The van der Waals surface area contributed by atoms with E-state index in [0.717, 1.165) is 61.7 Å². The second-order valence-corrected chi connectivity index (χ2v) is 8.94. The van der Waals surface area contributed by atoms with E-state index < -0.39 is 0 Å². The molecule has 0 unspecified atom stereocenters. The average Bonchev–Trinajstić information content (AvgIpc) is 2.90. The number of benzene rings is 2. The third kappa shape index (κ3) is 5.19. The highest BCUT2D eigenvalue weighted by molar-refractivity contribution is 5.47. The summed E-state index contributed by atoms with van der Waals surface area (Å²) in [5.41, 5.74) is 3.12. The summed E-state index contributed by atoms with van der Waals surface area (Å²) in [4.78, 5) is 25.0. The zero-order valence-corrected chi connectivity index (χ0v) is 19.9. The fourth-order valence-electron chi connectivity index (χ4n) is 4.67. The molecule has 35 heavy (non-hydrogen) atoms. The maximum atomic E-state index is 11.0. The van der Waals surface area contributed by atoms with Gasteiger partial charge in [0, 0.05) is 51.3 Å². The molecule has 1 saturated heterocycles. The van der Waals surface area contributed by atoms with Crippen LogP contribution in [0.1, 0.15) is 36.1 Å². The molecule has 1 fully saturated rings. The van der Waals surface area contributed by atoms with Crippen LogP contribution in [0, 0.1) is 10.1 Å². The van der Waals surface area contributed by atoms with Crippen LogP contribution in [0.4, 0.5) is 11.6 Å². The molecule has 3 heterocycles. The highest BCUT2D eigenvalue weighted by Crippen LogP contribution is 2.36. The zero-order chi connectivity index (χ0) is 24.2. The lowest BCUT2D eigenvalue weighted by atomic mass is 10.1. The molecule has 9 heteroatoms. The van der Waals surface area contributed by atoms with Crippen molar-refractivity contribution >= 4 is 11.6 Å². The van der Waals surface area contributed by atoms with Crippen molar-refractivity contribution in [2.45, 2.75) is 38.8 Å². The van der Waals surface area contributed by atoms with Crippen molar-refractivity contribution in [1.82, 2.24) is 14.9 Å². The van der Waals surface area contributed by atoms with Crippen LogP contribution in [0.25, 0.3) is 0 Å². The molecule has 0 spiro atoms. The van der Waals surface area contributed by atoms with Crippen molar-refractivity contribution in [3.8, 4) is 17.4 Å². The normalized spacial score (nSPS) is 16.0. The van der Waals surface area contributed by atoms with Gasteiger partial charge in [0.1, 0.15) is 0 Å². The number of non-ortho nitro benzene ring substituents is 1. The van der Waals surface area contributed by atoms with E-state index in [9.17, 15) is 10.1 Å². The van der Waals surface area contributed by atoms with Crippen LogP contribution in [0.3, 0.4) is 0 Å². The van der Waals surface area contributed by atoms with Gasteiger partial charge in [-0.1, -0.05) is 24.3 Å². The van der Waals surface area contributed by atoms with Crippen molar-refractivity contribution in [1.29, 1.82) is 0 Å². The minimum absolute atomic E-state index is 0.101. The highest BCUT2D eigenvalue weighted by Gasteiger charge is 2.26. The van der Waals surface area contributed by atoms with Crippen molar-refractivity contribution in [3.63, 3.8) is 0 Å². The summed E-state index contributed by atoms with van der Waals surface area (Å²) in [7, 11) is 1.63. The van der Waals surface area contributed by atoms with E-state index >= 15 is 0 Å². The molecular formula is C26H29N5O4. The Morgan fingerprint density at radius 2 is 1.71 bits per heavy atom. The number of hydrogen-bond donors (Lipinski definition) is 0. The van der Waals surface area contributed by atoms with E-state index in [1.165, 1.54) is 6.42 Å². The van der Waals surface area contributed by atoms with Gasteiger partial charge in [-0.15, -0.1) is 0 Å². The summed E-state index contributed by atoms with van der Waals surface area (Å²) >= 11 is 0. The Labute approximate surface area is 204 Å². The van der Waals surface area contributed by atoms with Crippen LogP contribution < -0.4 is 14.4 Å². The molecule has 0 atom stereocenters. The quantitative estimate of drug-likeness (QED) is 0.357. The molecule has 0 amide bonds. The Morgan fingerprint density at radius 1 is 0.971 bits per heavy atom. The second kappa shape index (κ2) is 10.3. The molecule has 2 aliphatic heterocycles. The third-order valence-corrected chi connectivity index (χ3v) is 6.56. The number of fused-ring (bicyclic) bond motifs is 1. The summed E-state index contributed by atoms with van der Waals surface area (Å²) < 4.78 is 11.9. The van der Waals surface area contributed by atoms with Gasteiger partial charge in [0.15, 0.2) is 11.5 Å². The molecule has 0 N–H and O–H groups in total. The minimum Gasteiger partial charge on any atom is -0.493 e. The first-order chi connectivity index (χ1) is 17.1. The van der Waals surface area contributed by atoms with Gasteiger partial charge in [0.25, 0.3) is 5.69 Å². The zero-order valence-electron chi connectivity index (χ0n) is 19.9. The molecule has 182 valence electrons. The largest absolute Gasteiger partial charge is 0.493 e. The number of nitro benzene ring substituents is 1. The number of rotatable bonds is 7. The summed E-state index contributed by atoms with van der Waals surface area (Å²) in [5, 5.41) is 11.0. The van der Waals surface area contributed by atoms with Crippen molar-refractivity contribution in [2.75, 3.05) is 31.6 Å². The fraction of sp³-hybridized carbons (Fsp3) is 0.385. The van der Waals surface area contributed by atoms with Crippen LogP contribution >= 0.6 is 0 Å². The van der Waals surface area contributed by atoms with E-state index in [-0.39, 0.29) is 10.6 Å². The van der Waals surface area contributed by atoms with Crippen molar-refractivity contribution < 1.29 is 14.4 Å². The summed E-state index contributed by atoms with van der Waals surface area (Å²) in [6.45, 7) is 4.07. The number of piperidine rings is 1. The molecular weight excluding hydrogens is 446 g/mol. The van der Waals surface area contributed by atoms with Gasteiger partial charge in [-0.05, 0) is 37.0 Å². The predicted molar refractivity (Wildman–Crippen MR) is 132 cm³/mol. The average molecular weight is 476 g/mol. The number of hydrogen-bond acceptors (Lipinski definition) is 8. The standard InChI is InChI=1S/C26H29N5O4/c1-34-23-7-3-4-8-24(23)35-25-21-18-29(17-19-9-11-20(12-10-19)31(32)33)16-13-22(21)27-26(28-25)30-14-5-2-6-15-30/h3-4,7-12H,2,5-6,13-18H2,1H3. The summed E-state index contributed by atoms with van der Waals surface area (Å²) in [5.74, 6) is 2.57. The van der Waals surface area contributed by atoms with Gasteiger partial charge in [0.2, 0.25) is 11.8 Å². The summed E-state index contributed by atoms with van der Waals surface area (Å²) in [6.07, 6.45) is 4.32. The first-order valence-corrected chi connectivity index (χ1v) is 12.0. The van der Waals surface area contributed by atoms with E-state index in [0.29, 0.717) is 30.5 Å². The van der Waals surface area contributed by atoms with E-state index in [1.54, 1.807) is 19.2 Å². The predicted octanol–water partition coefficient (Wildman–Crippen LogP) is 4.73. The maximum Gasteiger partial charge on any atom is 0.269 e. The Morgan fingerprint density at radius 3 is 2.43 bits per heavy atom. The molecule has 5 rings (SSSR count). The van der Waals surface area contributed by atoms with Crippen LogP contribution in [-0.4, -0.2) is 46.5 Å². The topological polar surface area (TPSA) is 93.9 Å². The maximum absolute atomic E-state index is 11.0. The summed E-state index contributed by atoms with van der Waals surface area (Å²) in [6, 6.07) is 14.3. The smallest absolute Gasteiger partial charge is 0.269 e. The number of anilines is 1. The number of ether oxygens (including phenoxy) is 2. The van der Waals surface area contributed by atoms with Gasteiger partial charge in [-0.3, -0.25) is 15.0 Å². The van der Waals surface area contributed by atoms with Crippen molar-refractivity contribution in [2.24, 2.45) is 0 Å². The SMILES string of the molecule is COc1ccccc1Oc1nc(N2CCCCC2)nc2c1CN(Cc1ccc([N+](=O)[O-])cc1)CC2. The second-order valence-electron chi connectivity index (χ2n) is 8.94. The number of nitro groups is 1. The minimum atomic E-state index is -0.375. The van der Waals surface area contributed by atoms with Gasteiger partial charge >= 0.3 is 0 Å². The first-order valence-electron chi connectivity index (χ1n) is 12.0. The van der Waals surface area contributed by atoms with Gasteiger partial charge in [-0.25, -0.2) is 4.98 Å². The van der Waals surface area contributed by atoms with Crippen LogP contribution in [-0.2, 0) is 19.5 Å². The molecule has 0 saturated carbocycles. The Kier molecular flexibility index (Phi) is 6.76. The lowest BCUT2D eigenvalue weighted by Crippen LogP contribution is -2.34. The molecule has 3 aromatic rings. The molecule has 2 aromatic carbocycles. The lowest BCUT2D eigenvalue weighted by Gasteiger charge is -2.32. The van der Waals surface area contributed by atoms with Gasteiger partial charge in [0.05, 0.1) is 23.3 Å². The Balaban J connectivity index is 1.43. The van der Waals surface area contributed by atoms with Crippen LogP contribution in [0.15, 0.2) is 48.5 Å². The van der Waals surface area contributed by atoms with E-state index in [4.69, 9.17) is 19.4 Å². The Bertz CT molecular complexity index is 1190. The lowest BCUT2D eigenvalue weighted by molar-refractivity contribution is -0.384. The highest BCUT2D eigenvalue weighted by atomic mass is 16.6. The van der Waals surface area contributed by atoms with E-state index in [1.807, 2.05) is 36.4 Å². The fourth-order valence-corrected chi connectivity index (χ4v) is 4.67. The number of aromatic nitrogens is 2. The first kappa shape index (κ1) is 23.0. The molecule has 0 radical (unpaired) electrons. The number of nitrogens with zero attached hydrogens (tertiary/aromatic N) is 5. The molecule has 1 aromatic heterocycles. The van der Waals surface area contributed by atoms with Crippen LogP contribution in [0.2, 0.25) is 0 Å². The number of para-hydroxylation sites is 2. The van der Waals surface area contributed by atoms with Gasteiger partial charge in [-0.2, -0.15) is 4.98 Å². The van der Waals surface area contributed by atoms with Gasteiger partial charge < -0.3 is 14.4 Å².